The second-order valence-corrected chi connectivity index (χ2v) is 12.0. The Kier molecular flexibility index (Phi) is 6.94. The molecule has 5 heterocycles. The Balaban J connectivity index is 1.17. The molecule has 0 radical (unpaired) electrons. The Morgan fingerprint density at radius 1 is 1.02 bits per heavy atom. The molecule has 2 aliphatic rings. The normalized spacial score (nSPS) is 18.8. The summed E-state index contributed by atoms with van der Waals surface area (Å²) in [4.78, 5) is 33.8. The van der Waals surface area contributed by atoms with Crippen LogP contribution in [-0.4, -0.2) is 66.8 Å². The minimum atomic E-state index is -0.656. The van der Waals surface area contributed by atoms with E-state index in [1.807, 2.05) is 38.3 Å². The number of hydrogen-bond donors (Lipinski definition) is 1. The van der Waals surface area contributed by atoms with Gasteiger partial charge in [-0.25, -0.2) is 33.5 Å². The number of halogens is 2. The van der Waals surface area contributed by atoms with Gasteiger partial charge in [-0.1, -0.05) is 0 Å². The lowest BCUT2D eigenvalue weighted by Gasteiger charge is -2.41. The van der Waals surface area contributed by atoms with E-state index in [1.54, 1.807) is 23.2 Å². The SMILES string of the molecule is CC1CN(c2ccc(Nc3ncc(F)c(-c4cc(F)c5nc6n(c5c4)C(C)CC6)n3)nc2)CCN1C(=O)OC(C)(C)C. The molecule has 220 valence electrons. The number of aryl methyl sites for hydroxylation is 1. The summed E-state index contributed by atoms with van der Waals surface area (Å²) >= 11 is 0. The minimum Gasteiger partial charge on any atom is -0.444 e. The number of carbonyl (C=O) groups excluding carboxylic acids is 1. The summed E-state index contributed by atoms with van der Waals surface area (Å²) in [6.45, 7) is 11.4. The van der Waals surface area contributed by atoms with Crippen LogP contribution in [0.3, 0.4) is 0 Å². The number of carbonyl (C=O) groups is 1. The lowest BCUT2D eigenvalue weighted by Crippen LogP contribution is -2.55. The van der Waals surface area contributed by atoms with Gasteiger partial charge in [0.1, 0.15) is 28.5 Å². The number of fused-ring (bicyclic) bond motifs is 3. The van der Waals surface area contributed by atoms with Crippen molar-refractivity contribution >= 4 is 34.6 Å². The fourth-order valence-electron chi connectivity index (χ4n) is 5.65. The molecule has 1 aromatic carbocycles. The van der Waals surface area contributed by atoms with Crippen molar-refractivity contribution in [2.24, 2.45) is 0 Å². The van der Waals surface area contributed by atoms with Crippen molar-refractivity contribution in [3.63, 3.8) is 0 Å². The molecule has 1 fully saturated rings. The molecular formula is C30H34F2N8O2. The number of amides is 1. The largest absolute Gasteiger partial charge is 0.444 e. The topological polar surface area (TPSA) is 101 Å². The van der Waals surface area contributed by atoms with E-state index in [1.165, 1.54) is 6.07 Å². The molecule has 0 saturated carbocycles. The van der Waals surface area contributed by atoms with E-state index in [0.29, 0.717) is 36.5 Å². The third kappa shape index (κ3) is 5.33. The first kappa shape index (κ1) is 27.8. The Morgan fingerprint density at radius 2 is 1.83 bits per heavy atom. The zero-order valence-corrected chi connectivity index (χ0v) is 24.4. The van der Waals surface area contributed by atoms with Crippen LogP contribution in [0.1, 0.15) is 52.9 Å². The summed E-state index contributed by atoms with van der Waals surface area (Å²) in [6, 6.07) is 6.87. The van der Waals surface area contributed by atoms with E-state index in [4.69, 9.17) is 4.74 Å². The second kappa shape index (κ2) is 10.5. The average Bonchev–Trinajstić information content (AvgIpc) is 3.49. The lowest BCUT2D eigenvalue weighted by molar-refractivity contribution is 0.0159. The van der Waals surface area contributed by atoms with Crippen molar-refractivity contribution in [1.29, 1.82) is 0 Å². The van der Waals surface area contributed by atoms with Gasteiger partial charge >= 0.3 is 6.09 Å². The first-order chi connectivity index (χ1) is 20.0. The number of hydrogen-bond acceptors (Lipinski definition) is 8. The van der Waals surface area contributed by atoms with Gasteiger partial charge in [-0.15, -0.1) is 0 Å². The molecule has 2 atom stereocenters. The Hall–Kier alpha value is -4.35. The summed E-state index contributed by atoms with van der Waals surface area (Å²) in [5.41, 5.74) is 1.59. The monoisotopic (exact) mass is 576 g/mol. The van der Waals surface area contributed by atoms with Crippen molar-refractivity contribution < 1.29 is 18.3 Å². The van der Waals surface area contributed by atoms with Gasteiger partial charge in [0.2, 0.25) is 5.95 Å². The molecule has 2 unspecified atom stereocenters. The summed E-state index contributed by atoms with van der Waals surface area (Å²) < 4.78 is 37.5. The summed E-state index contributed by atoms with van der Waals surface area (Å²) in [5, 5.41) is 3.02. The fourth-order valence-corrected chi connectivity index (χ4v) is 5.65. The summed E-state index contributed by atoms with van der Waals surface area (Å²) in [6.07, 6.45) is 4.21. The van der Waals surface area contributed by atoms with Gasteiger partial charge in [-0.2, -0.15) is 0 Å². The van der Waals surface area contributed by atoms with E-state index in [0.717, 1.165) is 30.6 Å². The molecule has 0 spiro atoms. The van der Waals surface area contributed by atoms with E-state index in [-0.39, 0.29) is 35.3 Å². The van der Waals surface area contributed by atoms with Crippen LogP contribution >= 0.6 is 0 Å². The predicted octanol–water partition coefficient (Wildman–Crippen LogP) is 5.86. The molecule has 42 heavy (non-hydrogen) atoms. The third-order valence-electron chi connectivity index (χ3n) is 7.67. The highest BCUT2D eigenvalue weighted by molar-refractivity contribution is 5.83. The van der Waals surface area contributed by atoms with Crippen LogP contribution in [0.4, 0.5) is 31.0 Å². The van der Waals surface area contributed by atoms with Crippen molar-refractivity contribution in [2.75, 3.05) is 29.9 Å². The molecule has 1 saturated heterocycles. The number of nitrogens with one attached hydrogen (secondary N) is 1. The molecule has 1 N–H and O–H groups in total. The molecule has 0 aliphatic carbocycles. The third-order valence-corrected chi connectivity index (χ3v) is 7.67. The smallest absolute Gasteiger partial charge is 0.410 e. The quantitative estimate of drug-likeness (QED) is 0.322. The van der Waals surface area contributed by atoms with Gasteiger partial charge in [0.25, 0.3) is 0 Å². The van der Waals surface area contributed by atoms with Gasteiger partial charge in [0.15, 0.2) is 11.6 Å². The van der Waals surface area contributed by atoms with Crippen molar-refractivity contribution in [3.8, 4) is 11.3 Å². The zero-order valence-electron chi connectivity index (χ0n) is 24.4. The Labute approximate surface area is 242 Å². The van der Waals surface area contributed by atoms with E-state index < -0.39 is 17.2 Å². The number of rotatable bonds is 4. The second-order valence-electron chi connectivity index (χ2n) is 12.0. The summed E-state index contributed by atoms with van der Waals surface area (Å²) in [5.74, 6) is 0.284. The number of benzene rings is 1. The van der Waals surface area contributed by atoms with Gasteiger partial charge in [0.05, 0.1) is 23.6 Å². The number of aromatic nitrogens is 5. The number of piperazine rings is 1. The van der Waals surface area contributed by atoms with Crippen LogP contribution in [0.15, 0.2) is 36.7 Å². The molecule has 10 nitrogen and oxygen atoms in total. The number of anilines is 3. The highest BCUT2D eigenvalue weighted by atomic mass is 19.1. The number of ether oxygens (including phenoxy) is 1. The summed E-state index contributed by atoms with van der Waals surface area (Å²) in [7, 11) is 0. The Morgan fingerprint density at radius 3 is 2.55 bits per heavy atom. The van der Waals surface area contributed by atoms with Crippen molar-refractivity contribution in [3.05, 3.63) is 54.1 Å². The molecule has 3 aromatic heterocycles. The number of nitrogens with zero attached hydrogens (tertiary/aromatic N) is 7. The highest BCUT2D eigenvalue weighted by Crippen LogP contribution is 2.35. The van der Waals surface area contributed by atoms with E-state index in [2.05, 4.69) is 37.1 Å². The number of imidazole rings is 1. The Bertz CT molecular complexity index is 1650. The highest BCUT2D eigenvalue weighted by Gasteiger charge is 2.31. The van der Waals surface area contributed by atoms with Gasteiger partial charge in [-0.05, 0) is 65.3 Å². The minimum absolute atomic E-state index is 0.0111. The van der Waals surface area contributed by atoms with Crippen LogP contribution < -0.4 is 10.2 Å². The maximum Gasteiger partial charge on any atom is 0.410 e. The van der Waals surface area contributed by atoms with E-state index >= 15 is 4.39 Å². The van der Waals surface area contributed by atoms with Crippen LogP contribution in [-0.2, 0) is 11.2 Å². The first-order valence-corrected chi connectivity index (χ1v) is 14.2. The van der Waals surface area contributed by atoms with Gasteiger partial charge in [-0.3, -0.25) is 0 Å². The molecule has 4 aromatic rings. The zero-order chi connectivity index (χ0) is 29.8. The number of pyridine rings is 1. The standard InChI is InChI=1S/C30H34F2N8O2/c1-17-6-9-25-36-27-21(31)12-19(13-23(27)40(17)25)26-22(32)15-34-28(37-26)35-24-8-7-20(14-33-24)38-10-11-39(18(2)16-38)29(41)42-30(3,4)5/h7-8,12-15,17-18H,6,9-11,16H2,1-5H3,(H,33,34,35,37). The van der Waals surface area contributed by atoms with Gasteiger partial charge < -0.3 is 24.4 Å². The van der Waals surface area contributed by atoms with Crippen molar-refractivity contribution in [2.45, 2.75) is 65.1 Å². The van der Waals surface area contributed by atoms with Crippen LogP contribution in [0, 0.1) is 11.6 Å². The molecule has 2 aliphatic heterocycles. The van der Waals surface area contributed by atoms with Crippen LogP contribution in [0.5, 0.6) is 0 Å². The van der Waals surface area contributed by atoms with Gasteiger partial charge in [0, 0.05) is 43.7 Å². The predicted molar refractivity (Wildman–Crippen MR) is 156 cm³/mol. The maximum atomic E-state index is 15.0. The van der Waals surface area contributed by atoms with E-state index in [9.17, 15) is 9.18 Å². The molecule has 1 amide bonds. The maximum absolute atomic E-state index is 15.0. The average molecular weight is 577 g/mol. The lowest BCUT2D eigenvalue weighted by atomic mass is 10.1. The van der Waals surface area contributed by atoms with Crippen molar-refractivity contribution in [1.82, 2.24) is 29.4 Å². The molecular weight excluding hydrogens is 542 g/mol. The first-order valence-electron chi connectivity index (χ1n) is 14.2. The molecule has 12 heteroatoms. The molecule has 6 rings (SSSR count). The molecule has 0 bridgehead atoms. The van der Waals surface area contributed by atoms with Crippen LogP contribution in [0.2, 0.25) is 0 Å². The fraction of sp³-hybridized carbons (Fsp3) is 0.433. The van der Waals surface area contributed by atoms with Crippen LogP contribution in [0.25, 0.3) is 22.3 Å².